The number of hydrogen-bond donors (Lipinski definition) is 2. The minimum atomic E-state index is -0.933. The van der Waals surface area contributed by atoms with Crippen molar-refractivity contribution in [3.8, 4) is 5.75 Å². The minimum Gasteiger partial charge on any atom is -0.481 e. The van der Waals surface area contributed by atoms with Gasteiger partial charge in [-0.3, -0.25) is 9.59 Å². The fraction of sp³-hybridized carbons (Fsp3) is 0.263. The van der Waals surface area contributed by atoms with Crippen molar-refractivity contribution in [1.29, 1.82) is 0 Å². The van der Waals surface area contributed by atoms with Crippen LogP contribution in [0.25, 0.3) is 0 Å². The number of carbonyl (C=O) groups is 2. The molecule has 6 heteroatoms. The highest BCUT2D eigenvalue weighted by atomic mass is 16.7. The number of carboxylic acid groups (broad SMARTS) is 1. The molecule has 0 heterocycles. The van der Waals surface area contributed by atoms with Crippen LogP contribution in [0.4, 0.5) is 0 Å². The van der Waals surface area contributed by atoms with E-state index in [0.717, 1.165) is 6.92 Å². The molecule has 0 bridgehead atoms. The van der Waals surface area contributed by atoms with Crippen molar-refractivity contribution in [2.24, 2.45) is 0 Å². The molecular weight excluding hydrogens is 324 g/mol. The molecule has 0 saturated heterocycles. The highest BCUT2D eigenvalue weighted by molar-refractivity contribution is 6.10. The van der Waals surface area contributed by atoms with E-state index in [1.165, 1.54) is 6.92 Å². The number of ketones is 1. The molecule has 0 radical (unpaired) electrons. The van der Waals surface area contributed by atoms with Gasteiger partial charge in [-0.25, -0.2) is 0 Å². The third-order valence-corrected chi connectivity index (χ3v) is 2.85. The molecule has 2 unspecified atom stereocenters. The van der Waals surface area contributed by atoms with Crippen molar-refractivity contribution in [1.82, 2.24) is 0 Å². The highest BCUT2D eigenvalue weighted by Gasteiger charge is 2.16. The van der Waals surface area contributed by atoms with E-state index in [0.29, 0.717) is 16.9 Å². The number of para-hydroxylation sites is 1. The zero-order valence-corrected chi connectivity index (χ0v) is 14.4. The van der Waals surface area contributed by atoms with Gasteiger partial charge in [0.15, 0.2) is 18.4 Å². The smallest absolute Gasteiger partial charge is 0.300 e. The largest absolute Gasteiger partial charge is 0.481 e. The summed E-state index contributed by atoms with van der Waals surface area (Å²) in [6, 6.07) is 16.0. The highest BCUT2D eigenvalue weighted by Crippen LogP contribution is 2.23. The average molecular weight is 346 g/mol. The minimum absolute atomic E-state index is 0.115. The first-order valence-electron chi connectivity index (χ1n) is 7.69. The van der Waals surface area contributed by atoms with E-state index >= 15 is 0 Å². The van der Waals surface area contributed by atoms with E-state index < -0.39 is 18.5 Å². The summed E-state index contributed by atoms with van der Waals surface area (Å²) in [5.74, 6) is -0.519. The van der Waals surface area contributed by atoms with Gasteiger partial charge >= 0.3 is 0 Å². The molecule has 0 aliphatic carbocycles. The maximum Gasteiger partial charge on any atom is 0.300 e. The monoisotopic (exact) mass is 346 g/mol. The first kappa shape index (κ1) is 20.3. The van der Waals surface area contributed by atoms with Crippen LogP contribution in [0.5, 0.6) is 5.75 Å². The molecule has 2 N–H and O–H groups in total. The van der Waals surface area contributed by atoms with Gasteiger partial charge in [-0.05, 0) is 26.0 Å². The lowest BCUT2D eigenvalue weighted by Gasteiger charge is -2.18. The maximum atomic E-state index is 12.5. The van der Waals surface area contributed by atoms with Crippen LogP contribution in [0.15, 0.2) is 54.6 Å². The van der Waals surface area contributed by atoms with Crippen LogP contribution < -0.4 is 4.74 Å². The lowest BCUT2D eigenvalue weighted by molar-refractivity contribution is -0.179. The lowest BCUT2D eigenvalue weighted by atomic mass is 10.0. The van der Waals surface area contributed by atoms with Gasteiger partial charge in [-0.15, -0.1) is 0 Å². The Labute approximate surface area is 146 Å². The van der Waals surface area contributed by atoms with E-state index in [4.69, 9.17) is 19.4 Å². The average Bonchev–Trinajstić information content (AvgIpc) is 2.54. The number of rotatable bonds is 6. The standard InChI is InChI=1S/C17H18O4.C2H4O2/c1-12(18)20-13(2)21-16-11-7-6-10-15(16)17(19)14-8-4-3-5-9-14;1-2(3)4/h3-13,18H,1-2H3;1H3,(H,3,4). The second-order valence-electron chi connectivity index (χ2n) is 5.13. The molecule has 25 heavy (non-hydrogen) atoms. The summed E-state index contributed by atoms with van der Waals surface area (Å²) < 4.78 is 10.7. The summed E-state index contributed by atoms with van der Waals surface area (Å²) in [6.07, 6.45) is -1.59. The summed E-state index contributed by atoms with van der Waals surface area (Å²) in [7, 11) is 0. The Kier molecular flexibility index (Phi) is 8.32. The van der Waals surface area contributed by atoms with Crippen LogP contribution >= 0.6 is 0 Å². The first-order valence-corrected chi connectivity index (χ1v) is 7.69. The van der Waals surface area contributed by atoms with Crippen LogP contribution in [-0.2, 0) is 9.53 Å². The van der Waals surface area contributed by atoms with Crippen molar-refractivity contribution in [2.75, 3.05) is 0 Å². The molecule has 2 aromatic rings. The third-order valence-electron chi connectivity index (χ3n) is 2.85. The van der Waals surface area contributed by atoms with Gasteiger partial charge < -0.3 is 19.7 Å². The van der Waals surface area contributed by atoms with E-state index in [1.807, 2.05) is 18.2 Å². The lowest BCUT2D eigenvalue weighted by Crippen LogP contribution is -2.23. The Morgan fingerprint density at radius 2 is 1.48 bits per heavy atom. The Balaban J connectivity index is 0.000000705. The zero-order chi connectivity index (χ0) is 18.8. The topological polar surface area (TPSA) is 93.1 Å². The van der Waals surface area contributed by atoms with Crippen molar-refractivity contribution in [2.45, 2.75) is 33.4 Å². The summed E-state index contributed by atoms with van der Waals surface area (Å²) in [6.45, 7) is 4.25. The first-order chi connectivity index (χ1) is 11.8. The SMILES string of the molecule is CC(=O)O.CC(O)OC(C)Oc1ccccc1C(=O)c1ccccc1. The molecule has 0 fully saturated rings. The molecule has 6 nitrogen and oxygen atoms in total. The Bertz CT molecular complexity index is 677. The number of aliphatic carboxylic acids is 1. The van der Waals surface area contributed by atoms with Crippen molar-refractivity contribution in [3.63, 3.8) is 0 Å². The van der Waals surface area contributed by atoms with E-state index in [-0.39, 0.29) is 5.78 Å². The van der Waals surface area contributed by atoms with Gasteiger partial charge in [0, 0.05) is 12.5 Å². The molecule has 0 aliphatic rings. The Morgan fingerprint density at radius 3 is 2.04 bits per heavy atom. The van der Waals surface area contributed by atoms with Gasteiger partial charge in [0.05, 0.1) is 5.56 Å². The van der Waals surface area contributed by atoms with Crippen LogP contribution in [0.1, 0.15) is 36.7 Å². The fourth-order valence-electron chi connectivity index (χ4n) is 1.99. The van der Waals surface area contributed by atoms with Crippen molar-refractivity contribution >= 4 is 11.8 Å². The molecule has 0 aromatic heterocycles. The molecule has 0 aliphatic heterocycles. The molecule has 134 valence electrons. The van der Waals surface area contributed by atoms with Crippen molar-refractivity contribution < 1.29 is 29.3 Å². The molecule has 2 atom stereocenters. The molecule has 2 aromatic carbocycles. The second-order valence-corrected chi connectivity index (χ2v) is 5.13. The molecule has 2 rings (SSSR count). The summed E-state index contributed by atoms with van der Waals surface area (Å²) in [4.78, 5) is 21.5. The van der Waals surface area contributed by atoms with Crippen LogP contribution in [0.3, 0.4) is 0 Å². The Hall–Kier alpha value is -2.70. The predicted octanol–water partition coefficient (Wildman–Crippen LogP) is 3.09. The zero-order valence-electron chi connectivity index (χ0n) is 14.4. The van der Waals surface area contributed by atoms with E-state index in [9.17, 15) is 9.90 Å². The molecule has 0 amide bonds. The predicted molar refractivity (Wildman–Crippen MR) is 92.5 cm³/mol. The number of ether oxygens (including phenoxy) is 2. The number of carboxylic acids is 1. The molecule has 0 spiro atoms. The normalized spacial score (nSPS) is 12.3. The van der Waals surface area contributed by atoms with Crippen LogP contribution in [-0.4, -0.2) is 34.5 Å². The molecule has 0 saturated carbocycles. The summed E-state index contributed by atoms with van der Waals surface area (Å²) in [5, 5.41) is 16.6. The van der Waals surface area contributed by atoms with Gasteiger partial charge in [0.1, 0.15) is 5.75 Å². The third kappa shape index (κ3) is 7.60. The van der Waals surface area contributed by atoms with E-state index in [1.54, 1.807) is 43.3 Å². The number of benzene rings is 2. The van der Waals surface area contributed by atoms with Gasteiger partial charge in [-0.1, -0.05) is 42.5 Å². The van der Waals surface area contributed by atoms with Gasteiger partial charge in [0.25, 0.3) is 5.97 Å². The number of aliphatic hydroxyl groups is 1. The Morgan fingerprint density at radius 1 is 0.960 bits per heavy atom. The number of hydrogen-bond acceptors (Lipinski definition) is 5. The van der Waals surface area contributed by atoms with Gasteiger partial charge in [-0.2, -0.15) is 0 Å². The fourth-order valence-corrected chi connectivity index (χ4v) is 1.99. The van der Waals surface area contributed by atoms with Crippen molar-refractivity contribution in [3.05, 3.63) is 65.7 Å². The summed E-state index contributed by atoms with van der Waals surface area (Å²) in [5.41, 5.74) is 1.06. The molecular formula is C19H22O6. The van der Waals surface area contributed by atoms with Crippen LogP contribution in [0.2, 0.25) is 0 Å². The van der Waals surface area contributed by atoms with E-state index in [2.05, 4.69) is 0 Å². The number of carbonyl (C=O) groups excluding carboxylic acids is 1. The maximum absolute atomic E-state index is 12.5. The summed E-state index contributed by atoms with van der Waals surface area (Å²) >= 11 is 0. The van der Waals surface area contributed by atoms with Crippen LogP contribution in [0, 0.1) is 0 Å². The second kappa shape index (κ2) is 10.2. The quantitative estimate of drug-likeness (QED) is 0.617. The van der Waals surface area contributed by atoms with Gasteiger partial charge in [0.2, 0.25) is 0 Å². The number of aliphatic hydroxyl groups excluding tert-OH is 1.